The molecule has 5 rings (SSSR count). The first-order valence-electron chi connectivity index (χ1n) is 9.13. The molecule has 7 nitrogen and oxygen atoms in total. The number of cyclic esters (lactones) is 1. The number of carbonyl (C=O) groups excluding carboxylic acids is 1. The average Bonchev–Trinajstić information content (AvgIpc) is 3.46. The minimum absolute atomic E-state index is 0.0249. The Labute approximate surface area is 171 Å². The van der Waals surface area contributed by atoms with Crippen LogP contribution < -0.4 is 4.90 Å². The molecule has 1 unspecified atom stereocenters. The number of ether oxygens (including phenoxy) is 1. The van der Waals surface area contributed by atoms with Crippen molar-refractivity contribution < 1.29 is 27.1 Å². The van der Waals surface area contributed by atoms with Crippen molar-refractivity contribution in [1.29, 1.82) is 0 Å². The summed E-state index contributed by atoms with van der Waals surface area (Å²) in [6.07, 6.45) is -3.00. The lowest BCUT2D eigenvalue weighted by atomic mass is 10.0. The van der Waals surface area contributed by atoms with E-state index in [0.29, 0.717) is 16.7 Å². The topological polar surface area (TPSA) is 76.0 Å². The molecule has 2 aromatic carbocycles. The number of nitrogens with zero attached hydrogens (tertiary/aromatic N) is 4. The first-order chi connectivity index (χ1) is 14.8. The predicted octanol–water partition coefficient (Wildman–Crippen LogP) is 4.74. The number of benzene rings is 2. The lowest BCUT2D eigenvalue weighted by Gasteiger charge is -2.22. The van der Waals surface area contributed by atoms with Crippen molar-refractivity contribution in [3.8, 4) is 11.3 Å². The summed E-state index contributed by atoms with van der Waals surface area (Å²) >= 11 is 0. The number of fused-ring (bicyclic) bond motifs is 1. The zero-order valence-corrected chi connectivity index (χ0v) is 15.6. The fourth-order valence-corrected chi connectivity index (χ4v) is 3.58. The number of alkyl halides is 3. The number of halogens is 4. The third-order valence-electron chi connectivity index (χ3n) is 5.06. The summed E-state index contributed by atoms with van der Waals surface area (Å²) in [5.41, 5.74) is 2.24. The van der Waals surface area contributed by atoms with Gasteiger partial charge in [0.1, 0.15) is 18.5 Å². The maximum absolute atomic E-state index is 15.0. The zero-order chi connectivity index (χ0) is 21.8. The Balaban J connectivity index is 1.48. The van der Waals surface area contributed by atoms with Gasteiger partial charge < -0.3 is 9.72 Å². The highest BCUT2D eigenvalue weighted by molar-refractivity contribution is 5.93. The van der Waals surface area contributed by atoms with Gasteiger partial charge in [0.05, 0.1) is 28.7 Å². The van der Waals surface area contributed by atoms with Gasteiger partial charge in [0.25, 0.3) is 0 Å². The molecule has 1 atom stereocenters. The van der Waals surface area contributed by atoms with Crippen LogP contribution in [-0.2, 0) is 11.0 Å². The molecule has 0 bridgehead atoms. The maximum Gasteiger partial charge on any atom is 0.504 e. The number of imidazole rings is 1. The van der Waals surface area contributed by atoms with Gasteiger partial charge in [0, 0.05) is 17.3 Å². The molecule has 31 heavy (non-hydrogen) atoms. The Morgan fingerprint density at radius 3 is 2.71 bits per heavy atom. The Bertz CT molecular complexity index is 1300. The van der Waals surface area contributed by atoms with Crippen LogP contribution in [0.4, 0.5) is 28.0 Å². The van der Waals surface area contributed by atoms with Crippen LogP contribution in [0.25, 0.3) is 22.3 Å². The molecule has 1 N–H and O–H groups in total. The highest BCUT2D eigenvalue weighted by atomic mass is 19.4. The minimum atomic E-state index is -4.66. The number of hydrogen-bond donors (Lipinski definition) is 1. The van der Waals surface area contributed by atoms with E-state index >= 15 is 0 Å². The van der Waals surface area contributed by atoms with Gasteiger partial charge in [-0.05, 0) is 30.3 Å². The fraction of sp³-hybridized carbons (Fsp3) is 0.150. The number of amides is 1. The van der Waals surface area contributed by atoms with Crippen LogP contribution in [-0.4, -0.2) is 32.4 Å². The number of carbonyl (C=O) groups is 1. The van der Waals surface area contributed by atoms with Gasteiger partial charge in [-0.1, -0.05) is 12.1 Å². The monoisotopic (exact) mass is 431 g/mol. The van der Waals surface area contributed by atoms with Crippen molar-refractivity contribution in [2.45, 2.75) is 12.3 Å². The average molecular weight is 431 g/mol. The van der Waals surface area contributed by atoms with Crippen LogP contribution >= 0.6 is 0 Å². The van der Waals surface area contributed by atoms with E-state index in [1.54, 1.807) is 18.2 Å². The van der Waals surface area contributed by atoms with Crippen molar-refractivity contribution in [3.63, 3.8) is 0 Å². The van der Waals surface area contributed by atoms with E-state index in [-0.39, 0.29) is 28.1 Å². The molecule has 11 heteroatoms. The fourth-order valence-electron chi connectivity index (χ4n) is 3.58. The van der Waals surface area contributed by atoms with E-state index in [1.807, 2.05) is 0 Å². The second-order valence-electron chi connectivity index (χ2n) is 6.92. The van der Waals surface area contributed by atoms with Crippen molar-refractivity contribution in [2.24, 2.45) is 0 Å². The van der Waals surface area contributed by atoms with E-state index in [9.17, 15) is 22.4 Å². The van der Waals surface area contributed by atoms with Crippen LogP contribution in [0.15, 0.2) is 55.0 Å². The smallest absolute Gasteiger partial charge is 0.447 e. The van der Waals surface area contributed by atoms with Crippen LogP contribution in [0.1, 0.15) is 11.6 Å². The molecule has 1 saturated heterocycles. The highest BCUT2D eigenvalue weighted by Crippen LogP contribution is 2.36. The van der Waals surface area contributed by atoms with E-state index < -0.39 is 24.3 Å². The van der Waals surface area contributed by atoms with Gasteiger partial charge in [-0.25, -0.2) is 14.2 Å². The SMILES string of the molecule is O=C1OCC(c2ccc(-c3ccn(C(F)(F)F)n3)cc2F)N1c1ccc2nc[nH]c2c1. The molecule has 0 spiro atoms. The first kappa shape index (κ1) is 19.1. The number of nitrogens with one attached hydrogen (secondary N) is 1. The standard InChI is InChI=1S/C20H13F4N5O2/c21-14-7-11(15-5-6-28(27-15)20(22,23)24)1-3-13(14)18-9-31-19(30)29(18)12-2-4-16-17(8-12)26-10-25-16/h1-8,10,18H,9H2,(H,25,26). The Kier molecular flexibility index (Phi) is 4.20. The molecule has 2 aromatic heterocycles. The number of H-pyrrole nitrogens is 1. The summed E-state index contributed by atoms with van der Waals surface area (Å²) in [6.45, 7) is -0.0706. The minimum Gasteiger partial charge on any atom is -0.447 e. The highest BCUT2D eigenvalue weighted by Gasteiger charge is 2.37. The van der Waals surface area contributed by atoms with Crippen LogP contribution in [0.2, 0.25) is 0 Å². The van der Waals surface area contributed by atoms with Crippen molar-refractivity contribution >= 4 is 22.8 Å². The van der Waals surface area contributed by atoms with E-state index in [4.69, 9.17) is 4.74 Å². The Morgan fingerprint density at radius 1 is 1.13 bits per heavy atom. The van der Waals surface area contributed by atoms with Gasteiger partial charge in [0.2, 0.25) is 0 Å². The molecule has 4 aromatic rings. The zero-order valence-electron chi connectivity index (χ0n) is 15.6. The molecular weight excluding hydrogens is 418 g/mol. The molecule has 1 aliphatic heterocycles. The number of hydrogen-bond acceptors (Lipinski definition) is 4. The summed E-state index contributed by atoms with van der Waals surface area (Å²) in [7, 11) is 0. The number of rotatable bonds is 3. The normalized spacial score (nSPS) is 16.8. The second kappa shape index (κ2) is 6.83. The molecule has 158 valence electrons. The molecular formula is C20H13F4N5O2. The molecule has 3 heterocycles. The maximum atomic E-state index is 15.0. The van der Waals surface area contributed by atoms with Gasteiger partial charge >= 0.3 is 12.4 Å². The van der Waals surface area contributed by atoms with Crippen molar-refractivity contribution in [2.75, 3.05) is 11.5 Å². The predicted molar refractivity (Wildman–Crippen MR) is 102 cm³/mol. The quantitative estimate of drug-likeness (QED) is 0.476. The molecule has 1 aliphatic rings. The summed E-state index contributed by atoms with van der Waals surface area (Å²) in [6, 6.07) is 9.49. The number of aromatic amines is 1. The van der Waals surface area contributed by atoms with E-state index in [0.717, 1.165) is 18.3 Å². The second-order valence-corrected chi connectivity index (χ2v) is 6.92. The van der Waals surface area contributed by atoms with Crippen molar-refractivity contribution in [1.82, 2.24) is 19.7 Å². The van der Waals surface area contributed by atoms with Gasteiger partial charge in [0.15, 0.2) is 0 Å². The summed E-state index contributed by atoms with van der Waals surface area (Å²) in [5, 5.41) is 3.44. The Morgan fingerprint density at radius 2 is 1.97 bits per heavy atom. The summed E-state index contributed by atoms with van der Waals surface area (Å²) < 4.78 is 58.2. The van der Waals surface area contributed by atoms with Crippen molar-refractivity contribution in [3.05, 3.63) is 66.4 Å². The molecule has 0 aliphatic carbocycles. The molecule has 0 radical (unpaired) electrons. The summed E-state index contributed by atoms with van der Waals surface area (Å²) in [5.74, 6) is -0.685. The van der Waals surface area contributed by atoms with Gasteiger partial charge in [-0.15, -0.1) is 13.2 Å². The first-order valence-corrected chi connectivity index (χ1v) is 9.13. The van der Waals surface area contributed by atoms with Crippen LogP contribution in [0, 0.1) is 5.82 Å². The molecule has 0 saturated carbocycles. The molecule has 1 amide bonds. The van der Waals surface area contributed by atoms with Gasteiger partial charge in [-0.3, -0.25) is 4.90 Å². The Hall–Kier alpha value is -3.89. The molecule has 1 fully saturated rings. The largest absolute Gasteiger partial charge is 0.504 e. The number of aromatic nitrogens is 4. The lowest BCUT2D eigenvalue weighted by Crippen LogP contribution is -2.27. The van der Waals surface area contributed by atoms with E-state index in [1.165, 1.54) is 23.4 Å². The number of anilines is 1. The third-order valence-corrected chi connectivity index (χ3v) is 5.06. The van der Waals surface area contributed by atoms with Gasteiger partial charge in [-0.2, -0.15) is 9.78 Å². The van der Waals surface area contributed by atoms with Crippen LogP contribution in [0.3, 0.4) is 0 Å². The lowest BCUT2D eigenvalue weighted by molar-refractivity contribution is -0.212. The van der Waals surface area contributed by atoms with E-state index in [2.05, 4.69) is 15.1 Å². The van der Waals surface area contributed by atoms with Crippen LogP contribution in [0.5, 0.6) is 0 Å². The third kappa shape index (κ3) is 3.27. The summed E-state index contributed by atoms with van der Waals surface area (Å²) in [4.78, 5) is 20.8.